The van der Waals surface area contributed by atoms with E-state index in [9.17, 15) is 14.4 Å². The van der Waals surface area contributed by atoms with Gasteiger partial charge in [0, 0.05) is 5.75 Å². The van der Waals surface area contributed by atoms with Crippen molar-refractivity contribution in [2.75, 3.05) is 24.4 Å². The van der Waals surface area contributed by atoms with Gasteiger partial charge in [-0.15, -0.1) is 11.8 Å². The Morgan fingerprint density at radius 2 is 1.59 bits per heavy atom. The second-order valence-corrected chi connectivity index (χ2v) is 11.8. The normalized spacial score (nSPS) is 12.5. The van der Waals surface area contributed by atoms with Gasteiger partial charge in [-0.2, -0.15) is 9.88 Å². The van der Waals surface area contributed by atoms with Gasteiger partial charge in [-0.25, -0.2) is 9.59 Å². The molecule has 210 valence electrons. The highest BCUT2D eigenvalue weighted by molar-refractivity contribution is 7.99. The molecule has 1 aromatic rings. The summed E-state index contributed by atoms with van der Waals surface area (Å²) in [5.41, 5.74) is -1.67. The first-order valence-corrected chi connectivity index (χ1v) is 13.8. The van der Waals surface area contributed by atoms with Crippen molar-refractivity contribution >= 4 is 35.7 Å². The van der Waals surface area contributed by atoms with Crippen molar-refractivity contribution in [3.05, 3.63) is 12.1 Å². The van der Waals surface area contributed by atoms with E-state index in [1.165, 1.54) is 24.9 Å². The van der Waals surface area contributed by atoms with E-state index in [4.69, 9.17) is 18.9 Å². The van der Waals surface area contributed by atoms with Crippen molar-refractivity contribution in [2.24, 2.45) is 5.92 Å². The van der Waals surface area contributed by atoms with Crippen LogP contribution in [0.4, 0.5) is 15.4 Å². The average molecular weight is 541 g/mol. The summed E-state index contributed by atoms with van der Waals surface area (Å²) in [6, 6.07) is 3.19. The summed E-state index contributed by atoms with van der Waals surface area (Å²) in [7, 11) is 1.44. The molecule has 10 heteroatoms. The number of hydrogen-bond acceptors (Lipinski definition) is 9. The summed E-state index contributed by atoms with van der Waals surface area (Å²) in [6.45, 7) is 14.9. The molecule has 1 rings (SSSR count). The van der Waals surface area contributed by atoms with Gasteiger partial charge in [-0.1, -0.05) is 33.1 Å². The van der Waals surface area contributed by atoms with Gasteiger partial charge in [-0.3, -0.25) is 4.79 Å². The molecular formula is C27H44N2O7S. The third-order valence-corrected chi connectivity index (χ3v) is 6.00. The monoisotopic (exact) mass is 540 g/mol. The Kier molecular flexibility index (Phi) is 13.2. The zero-order valence-electron chi connectivity index (χ0n) is 23.8. The fourth-order valence-electron chi connectivity index (χ4n) is 3.10. The zero-order chi connectivity index (χ0) is 28.2. The fourth-order valence-corrected chi connectivity index (χ4v) is 4.01. The number of methoxy groups -OCH3 is 1. The maximum atomic E-state index is 12.9. The summed E-state index contributed by atoms with van der Waals surface area (Å²) < 4.78 is 21.7. The summed E-state index contributed by atoms with van der Waals surface area (Å²) in [5, 5.41) is 0. The lowest BCUT2D eigenvalue weighted by Gasteiger charge is -2.28. The number of amides is 2. The van der Waals surface area contributed by atoms with E-state index in [1.807, 2.05) is 0 Å². The van der Waals surface area contributed by atoms with Crippen LogP contribution in [0.15, 0.2) is 17.0 Å². The Morgan fingerprint density at radius 1 is 1.00 bits per heavy atom. The molecule has 2 amide bonds. The van der Waals surface area contributed by atoms with Crippen LogP contribution in [0.3, 0.4) is 0 Å². The molecule has 0 N–H and O–H groups in total. The zero-order valence-corrected chi connectivity index (χ0v) is 24.7. The number of rotatable bonds is 12. The molecule has 37 heavy (non-hydrogen) atoms. The van der Waals surface area contributed by atoms with Gasteiger partial charge < -0.3 is 18.9 Å². The summed E-state index contributed by atoms with van der Waals surface area (Å²) in [5.74, 6) is 0.822. The number of hydrogen-bond donors (Lipinski definition) is 0. The number of esters is 1. The van der Waals surface area contributed by atoms with E-state index in [0.29, 0.717) is 23.2 Å². The van der Waals surface area contributed by atoms with Crippen LogP contribution in [0, 0.1) is 5.92 Å². The molecular weight excluding hydrogens is 496 g/mol. The molecule has 0 aliphatic rings. The molecule has 1 unspecified atom stereocenters. The van der Waals surface area contributed by atoms with Crippen molar-refractivity contribution in [1.29, 1.82) is 0 Å². The Labute approximate surface area is 226 Å². The molecule has 1 atom stereocenters. The van der Waals surface area contributed by atoms with Crippen LogP contribution in [0.1, 0.15) is 87.5 Å². The Hall–Kier alpha value is -2.49. The van der Waals surface area contributed by atoms with Crippen LogP contribution in [0.25, 0.3) is 0 Å². The van der Waals surface area contributed by atoms with Crippen molar-refractivity contribution in [1.82, 2.24) is 4.98 Å². The van der Waals surface area contributed by atoms with Gasteiger partial charge >= 0.3 is 18.2 Å². The number of imide groups is 1. The lowest BCUT2D eigenvalue weighted by Crippen LogP contribution is -2.44. The lowest BCUT2D eigenvalue weighted by atomic mass is 10.0. The predicted molar refractivity (Wildman–Crippen MR) is 145 cm³/mol. The lowest BCUT2D eigenvalue weighted by molar-refractivity contribution is -0.144. The second-order valence-electron chi connectivity index (χ2n) is 10.7. The number of pyridine rings is 1. The molecule has 0 aromatic carbocycles. The van der Waals surface area contributed by atoms with E-state index in [-0.39, 0.29) is 24.1 Å². The minimum Gasteiger partial charge on any atom is -0.480 e. The summed E-state index contributed by atoms with van der Waals surface area (Å²) in [4.78, 5) is 43.7. The molecule has 0 saturated heterocycles. The Bertz CT molecular complexity index is 866. The maximum Gasteiger partial charge on any atom is 0.425 e. The third kappa shape index (κ3) is 12.5. The molecule has 9 nitrogen and oxygen atoms in total. The molecule has 0 aliphatic carbocycles. The van der Waals surface area contributed by atoms with Crippen LogP contribution >= 0.6 is 11.8 Å². The minimum atomic E-state index is -0.913. The number of thioether (sulfide) groups is 1. The summed E-state index contributed by atoms with van der Waals surface area (Å²) in [6.07, 6.45) is 2.72. The number of carbonyl (C=O) groups excluding carboxylic acids is 3. The van der Waals surface area contributed by atoms with Gasteiger partial charge in [0.2, 0.25) is 5.88 Å². The molecule has 0 spiro atoms. The first-order valence-electron chi connectivity index (χ1n) is 12.8. The van der Waals surface area contributed by atoms with Gasteiger partial charge in [0.05, 0.1) is 25.0 Å². The summed E-state index contributed by atoms with van der Waals surface area (Å²) >= 11 is 1.37. The average Bonchev–Trinajstić information content (AvgIpc) is 2.77. The quantitative estimate of drug-likeness (QED) is 0.157. The topological polar surface area (TPSA) is 104 Å². The van der Waals surface area contributed by atoms with E-state index >= 15 is 0 Å². The van der Waals surface area contributed by atoms with E-state index in [1.54, 1.807) is 47.6 Å². The molecule has 1 heterocycles. The van der Waals surface area contributed by atoms with Crippen LogP contribution in [-0.4, -0.2) is 53.8 Å². The van der Waals surface area contributed by atoms with Crippen LogP contribution in [-0.2, 0) is 19.0 Å². The molecule has 0 bridgehead atoms. The highest BCUT2D eigenvalue weighted by Crippen LogP contribution is 2.31. The number of unbranched alkanes of at least 4 members (excludes halogenated alkanes) is 1. The number of nitrogens with zero attached hydrogens (tertiary/aromatic N) is 2. The Balaban J connectivity index is 2.93. The largest absolute Gasteiger partial charge is 0.480 e. The number of carbonyl (C=O) groups is 3. The molecule has 0 aliphatic heterocycles. The minimum absolute atomic E-state index is 0.00166. The van der Waals surface area contributed by atoms with Crippen molar-refractivity contribution in [2.45, 2.75) is 104 Å². The highest BCUT2D eigenvalue weighted by Gasteiger charge is 2.34. The highest BCUT2D eigenvalue weighted by atomic mass is 32.2. The van der Waals surface area contributed by atoms with Gasteiger partial charge in [0.25, 0.3) is 0 Å². The predicted octanol–water partition coefficient (Wildman–Crippen LogP) is 7.01. The number of aromatic nitrogens is 1. The second kappa shape index (κ2) is 15.1. The molecule has 1 aromatic heterocycles. The van der Waals surface area contributed by atoms with Gasteiger partial charge in [0.1, 0.15) is 11.2 Å². The van der Waals surface area contributed by atoms with E-state index in [2.05, 4.69) is 18.8 Å². The number of ether oxygens (including phenoxy) is 4. The van der Waals surface area contributed by atoms with Crippen LogP contribution < -0.4 is 9.64 Å². The van der Waals surface area contributed by atoms with Crippen LogP contribution in [0.5, 0.6) is 5.88 Å². The SMILES string of the molecule is CCCCC(CC)COC(=O)CCSc1ccc(N(C(=O)OC(C)(C)C)C(=O)OC(C)(C)C)nc1OC. The van der Waals surface area contributed by atoms with Gasteiger partial charge in [0.15, 0.2) is 5.82 Å². The standard InChI is InChI=1S/C27H44N2O7S/c1-10-12-13-19(11-2)18-34-22(30)16-17-37-20-14-15-21(28-23(20)33-9)29(24(31)35-26(3,4)5)25(32)36-27(6,7)8/h14-15,19H,10-13,16-18H2,1-9H3. The van der Waals surface area contributed by atoms with Gasteiger partial charge in [-0.05, 0) is 66.0 Å². The fraction of sp³-hybridized carbons (Fsp3) is 0.704. The van der Waals surface area contributed by atoms with E-state index in [0.717, 1.165) is 30.6 Å². The molecule has 0 fully saturated rings. The van der Waals surface area contributed by atoms with Crippen LogP contribution in [0.2, 0.25) is 0 Å². The number of anilines is 1. The first-order chi connectivity index (χ1) is 17.2. The smallest absolute Gasteiger partial charge is 0.425 e. The third-order valence-electron chi connectivity index (χ3n) is 4.97. The first kappa shape index (κ1) is 32.5. The maximum absolute atomic E-state index is 12.9. The molecule has 0 saturated carbocycles. The Morgan fingerprint density at radius 3 is 2.08 bits per heavy atom. The van der Waals surface area contributed by atoms with E-state index < -0.39 is 23.4 Å². The van der Waals surface area contributed by atoms with Crippen molar-refractivity contribution in [3.63, 3.8) is 0 Å². The van der Waals surface area contributed by atoms with Crippen molar-refractivity contribution < 1.29 is 33.3 Å². The van der Waals surface area contributed by atoms with Crippen molar-refractivity contribution in [3.8, 4) is 5.88 Å². The molecule has 0 radical (unpaired) electrons.